The molecule has 2 N–H and O–H groups in total. The summed E-state index contributed by atoms with van der Waals surface area (Å²) in [6.45, 7) is 5.79. The summed E-state index contributed by atoms with van der Waals surface area (Å²) in [6, 6.07) is 17.8. The Kier molecular flexibility index (Phi) is 4.60. The van der Waals surface area contributed by atoms with E-state index in [2.05, 4.69) is 12.1 Å². The van der Waals surface area contributed by atoms with E-state index in [1.54, 1.807) is 14.0 Å². The van der Waals surface area contributed by atoms with Crippen molar-refractivity contribution in [2.45, 2.75) is 25.7 Å². The molecule has 4 rings (SSSR count). The smallest absolute Gasteiger partial charge is 0.238 e. The second-order valence-corrected chi connectivity index (χ2v) is 8.99. The Morgan fingerprint density at radius 1 is 0.793 bits per heavy atom. The van der Waals surface area contributed by atoms with Gasteiger partial charge in [-0.3, -0.25) is 0 Å². The molecule has 0 fully saturated rings. The summed E-state index contributed by atoms with van der Waals surface area (Å²) in [7, 11) is -2.36. The molecule has 4 nitrogen and oxygen atoms in total. The quantitative estimate of drug-likeness (QED) is 0.507. The van der Waals surface area contributed by atoms with E-state index in [0.29, 0.717) is 16.9 Å². The Morgan fingerprint density at radius 2 is 1.45 bits per heavy atom. The highest BCUT2D eigenvalue weighted by atomic mass is 32.2. The van der Waals surface area contributed by atoms with Gasteiger partial charge >= 0.3 is 0 Å². The van der Waals surface area contributed by atoms with Crippen molar-refractivity contribution in [3.05, 3.63) is 71.3 Å². The molecule has 0 aromatic heterocycles. The number of ether oxygens (including phenoxy) is 1. The van der Waals surface area contributed by atoms with E-state index in [0.717, 1.165) is 38.2 Å². The lowest BCUT2D eigenvalue weighted by Crippen LogP contribution is -2.15. The largest absolute Gasteiger partial charge is 0.496 e. The molecule has 0 aliphatic heterocycles. The van der Waals surface area contributed by atoms with Gasteiger partial charge in [0.25, 0.3) is 0 Å². The van der Waals surface area contributed by atoms with Crippen LogP contribution in [0.5, 0.6) is 5.75 Å². The van der Waals surface area contributed by atoms with E-state index in [1.165, 1.54) is 0 Å². The number of benzene rings is 4. The van der Waals surface area contributed by atoms with E-state index >= 15 is 0 Å². The van der Waals surface area contributed by atoms with Crippen molar-refractivity contribution in [1.29, 1.82) is 0 Å². The van der Waals surface area contributed by atoms with Crippen LogP contribution in [0, 0.1) is 20.8 Å². The molecule has 0 saturated heterocycles. The Hall–Kier alpha value is -2.89. The predicted molar refractivity (Wildman–Crippen MR) is 119 cm³/mol. The van der Waals surface area contributed by atoms with E-state index in [-0.39, 0.29) is 4.90 Å². The van der Waals surface area contributed by atoms with Crippen molar-refractivity contribution in [3.63, 3.8) is 0 Å². The molecule has 0 bridgehead atoms. The van der Waals surface area contributed by atoms with Crippen LogP contribution in [0.3, 0.4) is 0 Å². The summed E-state index contributed by atoms with van der Waals surface area (Å²) in [5, 5.41) is 9.46. The third-order valence-electron chi connectivity index (χ3n) is 5.36. The molecule has 0 aliphatic carbocycles. The van der Waals surface area contributed by atoms with Crippen molar-refractivity contribution in [2.75, 3.05) is 7.11 Å². The molecule has 0 amide bonds. The van der Waals surface area contributed by atoms with Gasteiger partial charge in [-0.2, -0.15) is 0 Å². The van der Waals surface area contributed by atoms with Gasteiger partial charge < -0.3 is 4.74 Å². The summed E-state index contributed by atoms with van der Waals surface area (Å²) in [4.78, 5) is 0.141. The van der Waals surface area contributed by atoms with E-state index in [1.807, 2.05) is 56.3 Å². The fourth-order valence-corrected chi connectivity index (χ4v) is 5.25. The van der Waals surface area contributed by atoms with Crippen molar-refractivity contribution in [3.8, 4) is 16.9 Å². The zero-order valence-corrected chi connectivity index (χ0v) is 17.7. The van der Waals surface area contributed by atoms with Crippen molar-refractivity contribution < 1.29 is 13.2 Å². The Morgan fingerprint density at radius 3 is 2.14 bits per heavy atom. The molecule has 0 aliphatic rings. The molecular weight excluding hydrogens is 382 g/mol. The van der Waals surface area contributed by atoms with Crippen LogP contribution in [0.4, 0.5) is 0 Å². The highest BCUT2D eigenvalue weighted by molar-refractivity contribution is 7.89. The van der Waals surface area contributed by atoms with Gasteiger partial charge in [0.15, 0.2) is 0 Å². The zero-order chi connectivity index (χ0) is 20.9. The van der Waals surface area contributed by atoms with Crippen LogP contribution in [0.2, 0.25) is 0 Å². The molecule has 148 valence electrons. The lowest BCUT2D eigenvalue weighted by molar-refractivity contribution is 0.414. The fraction of sp³-hybridized carbons (Fsp3) is 0.167. The number of sulfonamides is 1. The summed E-state index contributed by atoms with van der Waals surface area (Å²) in [6.07, 6.45) is 0. The standard InChI is InChI=1S/C24H23NO3S/c1-14-9-10-20-18(11-14)12-15(2)23(28-4)21(20)22-19-8-6-5-7-17(19)13-16(3)24(22)29(25,26)27/h5-13H,1-4H3,(H2,25,26,27). The molecule has 5 heteroatoms. The van der Waals surface area contributed by atoms with Crippen LogP contribution in [-0.4, -0.2) is 15.5 Å². The van der Waals surface area contributed by atoms with Gasteiger partial charge in [0, 0.05) is 11.1 Å². The minimum Gasteiger partial charge on any atom is -0.496 e. The Balaban J connectivity index is 2.34. The number of nitrogens with two attached hydrogens (primary N) is 1. The van der Waals surface area contributed by atoms with Crippen LogP contribution in [0.25, 0.3) is 32.7 Å². The maximum absolute atomic E-state index is 12.7. The molecule has 0 spiro atoms. The molecule has 29 heavy (non-hydrogen) atoms. The minimum absolute atomic E-state index is 0.141. The Labute approximate surface area is 171 Å². The number of aryl methyl sites for hydroxylation is 3. The third-order valence-corrected chi connectivity index (χ3v) is 6.45. The lowest BCUT2D eigenvalue weighted by atomic mass is 9.89. The van der Waals surface area contributed by atoms with Crippen LogP contribution in [0.15, 0.2) is 59.5 Å². The fourth-order valence-electron chi connectivity index (χ4n) is 4.24. The van der Waals surface area contributed by atoms with Gasteiger partial charge in [0.2, 0.25) is 10.0 Å². The van der Waals surface area contributed by atoms with Gasteiger partial charge in [0.05, 0.1) is 12.0 Å². The maximum atomic E-state index is 12.7. The van der Waals surface area contributed by atoms with Gasteiger partial charge in [-0.15, -0.1) is 0 Å². The highest BCUT2D eigenvalue weighted by Crippen LogP contribution is 2.46. The number of fused-ring (bicyclic) bond motifs is 2. The first-order chi connectivity index (χ1) is 13.7. The van der Waals surface area contributed by atoms with Crippen LogP contribution < -0.4 is 9.88 Å². The van der Waals surface area contributed by atoms with Crippen LogP contribution in [-0.2, 0) is 10.0 Å². The number of hydrogen-bond donors (Lipinski definition) is 1. The van der Waals surface area contributed by atoms with Gasteiger partial charge in [-0.1, -0.05) is 54.1 Å². The molecule has 4 aromatic carbocycles. The molecular formula is C24H23NO3S. The number of primary sulfonamides is 1. The second kappa shape index (κ2) is 6.87. The monoisotopic (exact) mass is 405 g/mol. The highest BCUT2D eigenvalue weighted by Gasteiger charge is 2.25. The minimum atomic E-state index is -3.97. The first-order valence-corrected chi connectivity index (χ1v) is 10.9. The number of methoxy groups -OCH3 is 1. The van der Waals surface area contributed by atoms with Crippen molar-refractivity contribution in [2.24, 2.45) is 5.14 Å². The average Bonchev–Trinajstić information content (AvgIpc) is 2.64. The maximum Gasteiger partial charge on any atom is 0.238 e. The summed E-state index contributed by atoms with van der Waals surface area (Å²) in [5.74, 6) is 0.655. The topological polar surface area (TPSA) is 69.4 Å². The number of hydrogen-bond acceptors (Lipinski definition) is 3. The van der Waals surface area contributed by atoms with E-state index in [4.69, 9.17) is 9.88 Å². The van der Waals surface area contributed by atoms with Gasteiger partial charge in [-0.25, -0.2) is 13.6 Å². The Bertz CT molecular complexity index is 1390. The van der Waals surface area contributed by atoms with Crippen LogP contribution in [0.1, 0.15) is 16.7 Å². The van der Waals surface area contributed by atoms with Gasteiger partial charge in [0.1, 0.15) is 5.75 Å². The third kappa shape index (κ3) is 3.16. The summed E-state index contributed by atoms with van der Waals surface area (Å²) < 4.78 is 31.2. The average molecular weight is 406 g/mol. The molecule has 0 saturated carbocycles. The molecule has 0 atom stereocenters. The normalized spacial score (nSPS) is 11.9. The zero-order valence-electron chi connectivity index (χ0n) is 16.9. The SMILES string of the molecule is COc1c(C)cc2cc(C)ccc2c1-c1c(S(N)(=O)=O)c(C)cc2ccccc12. The van der Waals surface area contributed by atoms with Gasteiger partial charge in [-0.05, 0) is 59.5 Å². The van der Waals surface area contributed by atoms with E-state index in [9.17, 15) is 8.42 Å². The molecule has 4 aromatic rings. The van der Waals surface area contributed by atoms with Crippen LogP contribution >= 0.6 is 0 Å². The first kappa shape index (κ1) is 19.4. The second-order valence-electron chi connectivity index (χ2n) is 7.49. The van der Waals surface area contributed by atoms with E-state index < -0.39 is 10.0 Å². The van der Waals surface area contributed by atoms with Crippen molar-refractivity contribution in [1.82, 2.24) is 0 Å². The number of rotatable bonds is 3. The molecule has 0 radical (unpaired) electrons. The lowest BCUT2D eigenvalue weighted by Gasteiger charge is -2.21. The molecule has 0 heterocycles. The predicted octanol–water partition coefficient (Wildman–Crippen LogP) is 5.24. The molecule has 0 unspecified atom stereocenters. The summed E-state index contributed by atoms with van der Waals surface area (Å²) >= 11 is 0. The summed E-state index contributed by atoms with van der Waals surface area (Å²) in [5.41, 5.74) is 4.04. The first-order valence-electron chi connectivity index (χ1n) is 9.36. The van der Waals surface area contributed by atoms with Crippen molar-refractivity contribution >= 4 is 31.6 Å².